The maximum absolute atomic E-state index is 13.3. The van der Waals surface area contributed by atoms with E-state index in [0.29, 0.717) is 17.4 Å². The smallest absolute Gasteiger partial charge is 0.253 e. The van der Waals surface area contributed by atoms with Gasteiger partial charge in [0.2, 0.25) is 0 Å². The van der Waals surface area contributed by atoms with E-state index in [1.165, 1.54) is 46.9 Å². The van der Waals surface area contributed by atoms with Gasteiger partial charge in [0.15, 0.2) is 0 Å². The van der Waals surface area contributed by atoms with Gasteiger partial charge >= 0.3 is 0 Å². The summed E-state index contributed by atoms with van der Waals surface area (Å²) in [5, 5.41) is 10.9. The van der Waals surface area contributed by atoms with Crippen LogP contribution >= 0.6 is 0 Å². The lowest BCUT2D eigenvalue weighted by molar-refractivity contribution is -0.0958. The molecule has 6 heteroatoms. The molecular weight excluding hydrogens is 518 g/mol. The summed E-state index contributed by atoms with van der Waals surface area (Å²) in [6.45, 7) is 11.6. The fourth-order valence-corrected chi connectivity index (χ4v) is 9.04. The molecule has 2 spiro atoms. The van der Waals surface area contributed by atoms with E-state index in [2.05, 4.69) is 77.3 Å². The van der Waals surface area contributed by atoms with Crippen LogP contribution in [0.1, 0.15) is 90.0 Å². The molecule has 2 aliphatic carbocycles. The average molecular weight is 562 g/mol. The number of H-pyrrole nitrogens is 1. The third-order valence-electron chi connectivity index (χ3n) is 11.6. The van der Waals surface area contributed by atoms with Crippen LogP contribution in [0.25, 0.3) is 10.9 Å². The van der Waals surface area contributed by atoms with Crippen LogP contribution < -0.4 is 0 Å². The van der Waals surface area contributed by atoms with Crippen LogP contribution in [0.3, 0.4) is 0 Å². The van der Waals surface area contributed by atoms with E-state index in [0.717, 1.165) is 70.6 Å². The summed E-state index contributed by atoms with van der Waals surface area (Å²) in [7, 11) is 0. The lowest BCUT2D eigenvalue weighted by Gasteiger charge is -2.60. The third kappa shape index (κ3) is 4.31. The monoisotopic (exact) mass is 561 g/mol. The Labute approximate surface area is 249 Å². The number of benzene rings is 2. The number of nitrogens with one attached hydrogen (secondary N) is 1. The van der Waals surface area contributed by atoms with E-state index in [1.54, 1.807) is 5.56 Å². The number of hydrogen-bond donors (Lipinski definition) is 1. The predicted molar refractivity (Wildman–Crippen MR) is 165 cm³/mol. The number of aromatic nitrogens is 1. The first-order chi connectivity index (χ1) is 20.4. The maximum Gasteiger partial charge on any atom is 0.253 e. The summed E-state index contributed by atoms with van der Waals surface area (Å²) in [6.07, 6.45) is 9.04. The van der Waals surface area contributed by atoms with E-state index in [4.69, 9.17) is 0 Å². The van der Waals surface area contributed by atoms with E-state index in [1.807, 2.05) is 4.90 Å². The van der Waals surface area contributed by atoms with E-state index in [9.17, 15) is 10.1 Å². The minimum atomic E-state index is 0.179. The Kier molecular flexibility index (Phi) is 6.11. The molecule has 42 heavy (non-hydrogen) atoms. The quantitative estimate of drug-likeness (QED) is 0.379. The van der Waals surface area contributed by atoms with Crippen molar-refractivity contribution in [1.82, 2.24) is 19.7 Å². The number of aromatic amines is 1. The van der Waals surface area contributed by atoms with Crippen molar-refractivity contribution in [2.45, 2.75) is 70.9 Å². The van der Waals surface area contributed by atoms with Gasteiger partial charge in [0.05, 0.1) is 6.07 Å². The van der Waals surface area contributed by atoms with Gasteiger partial charge in [-0.15, -0.1) is 0 Å². The van der Waals surface area contributed by atoms with Crippen molar-refractivity contribution in [1.29, 1.82) is 5.26 Å². The third-order valence-corrected chi connectivity index (χ3v) is 11.6. The minimum absolute atomic E-state index is 0.179. The Morgan fingerprint density at radius 3 is 2.50 bits per heavy atom. The van der Waals surface area contributed by atoms with Gasteiger partial charge in [0, 0.05) is 72.8 Å². The number of nitriles is 1. The molecule has 0 radical (unpaired) electrons. The van der Waals surface area contributed by atoms with Gasteiger partial charge in [-0.1, -0.05) is 25.1 Å². The second kappa shape index (κ2) is 9.69. The van der Waals surface area contributed by atoms with Crippen LogP contribution in [0.5, 0.6) is 0 Å². The molecule has 4 heterocycles. The standard InChI is InChI=1S/C36H43N5O/c1-3-39-20-36(21-39)22-41(23-36)34(42)28-8-6-27(7-9-28)32-17-35(15-25(16-35)18-37)11-13-40(32)19-31-29-10-12-38-33(29)24(2)14-30(31)26-4-5-26/h6-10,12,14,25-26,32,38H,3-5,11,13,15-17,19-23H2,1-2H3. The number of likely N-dealkylation sites (tertiary alicyclic amines) is 3. The highest BCUT2D eigenvalue weighted by atomic mass is 16.2. The SMILES string of the molecule is CCN1CC2(C1)CN(C(=O)c1ccc(C3CC4(CCN3Cc3c(C5CC5)cc(C)c5[nH]ccc35)CC(C#N)C4)cc1)C2. The van der Waals surface area contributed by atoms with Gasteiger partial charge in [-0.3, -0.25) is 9.69 Å². The van der Waals surface area contributed by atoms with E-state index in [-0.39, 0.29) is 17.2 Å². The fourth-order valence-electron chi connectivity index (χ4n) is 9.04. The van der Waals surface area contributed by atoms with Gasteiger partial charge in [0.1, 0.15) is 0 Å². The van der Waals surface area contributed by atoms with E-state index < -0.39 is 0 Å². The molecule has 6 nitrogen and oxygen atoms in total. The number of amides is 1. The molecule has 5 fully saturated rings. The van der Waals surface area contributed by atoms with Gasteiger partial charge in [-0.2, -0.15) is 5.26 Å². The zero-order valence-electron chi connectivity index (χ0n) is 25.2. The second-order valence-electron chi connectivity index (χ2n) is 14.6. The summed E-state index contributed by atoms with van der Waals surface area (Å²) in [5.74, 6) is 1.10. The van der Waals surface area contributed by atoms with Crippen LogP contribution in [0.15, 0.2) is 42.6 Å². The zero-order chi connectivity index (χ0) is 28.6. The molecule has 2 aromatic carbocycles. The number of hydrogen-bond acceptors (Lipinski definition) is 4. The van der Waals surface area contributed by atoms with Crippen molar-refractivity contribution in [2.24, 2.45) is 16.7 Å². The number of aryl methyl sites for hydroxylation is 1. The number of carbonyl (C=O) groups excluding carboxylic acids is 1. The molecule has 2 saturated carbocycles. The molecule has 1 N–H and O–H groups in total. The van der Waals surface area contributed by atoms with Crippen LogP contribution in [-0.4, -0.2) is 64.9 Å². The molecule has 1 amide bonds. The molecule has 3 saturated heterocycles. The first-order valence-corrected chi connectivity index (χ1v) is 16.2. The average Bonchev–Trinajstić information content (AvgIpc) is 3.67. The molecule has 0 bridgehead atoms. The van der Waals surface area contributed by atoms with Crippen molar-refractivity contribution >= 4 is 16.8 Å². The Bertz CT molecular complexity index is 1560. The Balaban J connectivity index is 1.05. The predicted octanol–water partition coefficient (Wildman–Crippen LogP) is 6.39. The van der Waals surface area contributed by atoms with Crippen LogP contribution in [0, 0.1) is 35.0 Å². The highest BCUT2D eigenvalue weighted by molar-refractivity contribution is 5.95. The van der Waals surface area contributed by atoms with Gasteiger partial charge in [-0.25, -0.2) is 0 Å². The zero-order valence-corrected chi connectivity index (χ0v) is 25.2. The Morgan fingerprint density at radius 2 is 1.81 bits per heavy atom. The number of piperidine rings is 1. The highest BCUT2D eigenvalue weighted by Crippen LogP contribution is 2.57. The highest BCUT2D eigenvalue weighted by Gasteiger charge is 2.53. The number of nitrogens with zero attached hydrogens (tertiary/aromatic N) is 4. The fraction of sp³-hybridized carbons (Fsp3) is 0.556. The normalized spacial score (nSPS) is 28.8. The van der Waals surface area contributed by atoms with Crippen molar-refractivity contribution in [2.75, 3.05) is 39.3 Å². The van der Waals surface area contributed by atoms with Gasteiger partial charge in [0.25, 0.3) is 5.91 Å². The Hall–Kier alpha value is -3.14. The van der Waals surface area contributed by atoms with Crippen molar-refractivity contribution in [3.8, 4) is 6.07 Å². The summed E-state index contributed by atoms with van der Waals surface area (Å²) < 4.78 is 0. The Morgan fingerprint density at radius 1 is 1.05 bits per heavy atom. The second-order valence-corrected chi connectivity index (χ2v) is 14.6. The van der Waals surface area contributed by atoms with Gasteiger partial charge < -0.3 is 14.8 Å². The number of rotatable bonds is 6. The lowest BCUT2D eigenvalue weighted by Crippen LogP contribution is -2.72. The molecule has 3 aliphatic heterocycles. The molecule has 1 unspecified atom stereocenters. The first kappa shape index (κ1) is 26.5. The van der Waals surface area contributed by atoms with Crippen molar-refractivity contribution < 1.29 is 4.79 Å². The van der Waals surface area contributed by atoms with Crippen LogP contribution in [-0.2, 0) is 6.54 Å². The molecule has 3 aromatic rings. The van der Waals surface area contributed by atoms with Crippen LogP contribution in [0.2, 0.25) is 0 Å². The molecular formula is C36H43N5O. The maximum atomic E-state index is 13.3. The minimum Gasteiger partial charge on any atom is -0.361 e. The summed E-state index contributed by atoms with van der Waals surface area (Å²) in [6, 6.07) is 16.1. The summed E-state index contributed by atoms with van der Waals surface area (Å²) in [4.78, 5) is 24.0. The lowest BCUT2D eigenvalue weighted by atomic mass is 9.56. The molecule has 1 atom stereocenters. The van der Waals surface area contributed by atoms with Gasteiger partial charge in [-0.05, 0) is 110 Å². The molecule has 218 valence electrons. The molecule has 1 aromatic heterocycles. The topological polar surface area (TPSA) is 66.4 Å². The largest absolute Gasteiger partial charge is 0.361 e. The molecule has 8 rings (SSSR count). The summed E-state index contributed by atoms with van der Waals surface area (Å²) in [5.41, 5.74) is 8.44. The first-order valence-electron chi connectivity index (χ1n) is 16.2. The van der Waals surface area contributed by atoms with E-state index >= 15 is 0 Å². The number of carbonyl (C=O) groups is 1. The summed E-state index contributed by atoms with van der Waals surface area (Å²) >= 11 is 0. The van der Waals surface area contributed by atoms with Crippen LogP contribution in [0.4, 0.5) is 0 Å². The van der Waals surface area contributed by atoms with Crippen molar-refractivity contribution in [3.05, 3.63) is 70.4 Å². The molecule has 5 aliphatic rings. The number of fused-ring (bicyclic) bond motifs is 1. The van der Waals surface area contributed by atoms with Crippen molar-refractivity contribution in [3.63, 3.8) is 0 Å².